The van der Waals surface area contributed by atoms with Crippen molar-refractivity contribution in [1.82, 2.24) is 0 Å². The van der Waals surface area contributed by atoms with Gasteiger partial charge in [0.25, 0.3) is 0 Å². The Hall–Kier alpha value is -3.23. The fourth-order valence-corrected chi connectivity index (χ4v) is 4.51. The molecule has 8 heteroatoms. The molecule has 0 fully saturated rings. The number of fused-ring (bicyclic) bond motifs is 3. The van der Waals surface area contributed by atoms with E-state index in [2.05, 4.69) is 5.16 Å². The monoisotopic (exact) mass is 440 g/mol. The summed E-state index contributed by atoms with van der Waals surface area (Å²) in [6.45, 7) is -0.455. The molecule has 1 atom stereocenters. The van der Waals surface area contributed by atoms with Gasteiger partial charge in [-0.1, -0.05) is 53.7 Å². The van der Waals surface area contributed by atoms with Crippen LogP contribution in [0.2, 0.25) is 0 Å². The number of hydrogen-bond donors (Lipinski definition) is 1. The first kappa shape index (κ1) is 21.0. The summed E-state index contributed by atoms with van der Waals surface area (Å²) >= 11 is 0. The van der Waals surface area contributed by atoms with Crippen LogP contribution in [0.5, 0.6) is 0 Å². The Labute approximate surface area is 180 Å². The van der Waals surface area contributed by atoms with Crippen molar-refractivity contribution in [3.63, 3.8) is 0 Å². The molecule has 1 aliphatic carbocycles. The van der Waals surface area contributed by atoms with Crippen molar-refractivity contribution in [2.75, 3.05) is 23.7 Å². The maximum Gasteiger partial charge on any atom is 0.232 e. The molecule has 1 N–H and O–H groups in total. The van der Waals surface area contributed by atoms with Crippen molar-refractivity contribution in [2.45, 2.75) is 6.10 Å². The maximum absolute atomic E-state index is 13.2. The molecule has 0 spiro atoms. The third kappa shape index (κ3) is 4.45. The highest BCUT2D eigenvalue weighted by Gasteiger charge is 2.25. The van der Waals surface area contributed by atoms with Crippen LogP contribution < -0.4 is 4.31 Å². The Morgan fingerprint density at radius 1 is 0.935 bits per heavy atom. The lowest BCUT2D eigenvalue weighted by atomic mass is 10.1. The van der Waals surface area contributed by atoms with Crippen molar-refractivity contribution in [2.24, 2.45) is 5.16 Å². The van der Waals surface area contributed by atoms with E-state index in [9.17, 15) is 17.9 Å². The SMILES string of the molecule is CS(=O)(=O)N(C[C@H](O)CON=C1c2ccccc2-c2ccccc21)c1ccc(F)cc1. The highest BCUT2D eigenvalue weighted by molar-refractivity contribution is 7.92. The van der Waals surface area contributed by atoms with Crippen molar-refractivity contribution in [3.8, 4) is 11.1 Å². The second-order valence-corrected chi connectivity index (χ2v) is 9.16. The molecule has 3 aromatic carbocycles. The number of rotatable bonds is 7. The van der Waals surface area contributed by atoms with Gasteiger partial charge in [0.15, 0.2) is 0 Å². The molecule has 0 radical (unpaired) electrons. The summed E-state index contributed by atoms with van der Waals surface area (Å²) in [4.78, 5) is 5.42. The lowest BCUT2D eigenvalue weighted by Crippen LogP contribution is -2.38. The van der Waals surface area contributed by atoms with Crippen LogP contribution in [0.1, 0.15) is 11.1 Å². The van der Waals surface area contributed by atoms with Crippen LogP contribution in [0.3, 0.4) is 0 Å². The average Bonchev–Trinajstić information content (AvgIpc) is 3.06. The quantitative estimate of drug-likeness (QED) is 0.447. The standard InChI is InChI=1S/C23H21FN2O4S/c1-31(28,29)26(17-12-10-16(24)11-13-17)14-18(27)15-30-25-23-21-8-4-2-6-19(21)20-7-3-5-9-22(20)23/h2-13,18,27H,14-15H2,1H3/t18-/m0/s1. The van der Waals surface area contributed by atoms with Crippen LogP contribution in [0.15, 0.2) is 78.0 Å². The normalized spacial score (nSPS) is 13.3. The number of sulfonamides is 1. The summed E-state index contributed by atoms with van der Waals surface area (Å²) in [6, 6.07) is 20.7. The largest absolute Gasteiger partial charge is 0.392 e. The Balaban J connectivity index is 1.49. The Kier molecular flexibility index (Phi) is 5.75. The molecule has 0 saturated carbocycles. The molecule has 4 rings (SSSR count). The number of aliphatic hydroxyl groups is 1. The molecule has 0 bridgehead atoms. The van der Waals surface area contributed by atoms with Crippen LogP contribution in [0, 0.1) is 5.82 Å². The van der Waals surface area contributed by atoms with E-state index in [1.807, 2.05) is 48.5 Å². The lowest BCUT2D eigenvalue weighted by Gasteiger charge is -2.24. The van der Waals surface area contributed by atoms with Crippen molar-refractivity contribution >= 4 is 21.4 Å². The van der Waals surface area contributed by atoms with E-state index in [1.165, 1.54) is 12.1 Å². The average molecular weight is 440 g/mol. The minimum atomic E-state index is -3.69. The molecule has 6 nitrogen and oxygen atoms in total. The Morgan fingerprint density at radius 3 is 1.97 bits per heavy atom. The molecule has 0 aliphatic heterocycles. The molecule has 3 aromatic rings. The van der Waals surface area contributed by atoms with Crippen LogP contribution in [0.25, 0.3) is 11.1 Å². The van der Waals surface area contributed by atoms with Crippen LogP contribution in [-0.4, -0.2) is 44.7 Å². The number of nitrogens with zero attached hydrogens (tertiary/aromatic N) is 2. The fraction of sp³-hybridized carbons (Fsp3) is 0.174. The van der Waals surface area contributed by atoms with Crippen LogP contribution >= 0.6 is 0 Å². The van der Waals surface area contributed by atoms with Crippen LogP contribution in [0.4, 0.5) is 10.1 Å². The zero-order chi connectivity index (χ0) is 22.0. The van der Waals surface area contributed by atoms with Gasteiger partial charge in [-0.25, -0.2) is 12.8 Å². The lowest BCUT2D eigenvalue weighted by molar-refractivity contribution is 0.0456. The predicted octanol–water partition coefficient (Wildman–Crippen LogP) is 3.40. The summed E-state index contributed by atoms with van der Waals surface area (Å²) in [7, 11) is -3.69. The maximum atomic E-state index is 13.2. The summed E-state index contributed by atoms with van der Waals surface area (Å²) in [5.74, 6) is -0.478. The van der Waals surface area contributed by atoms with Gasteiger partial charge in [-0.15, -0.1) is 0 Å². The number of oxime groups is 1. The van der Waals surface area contributed by atoms with Gasteiger partial charge in [0, 0.05) is 11.1 Å². The van der Waals surface area contributed by atoms with Gasteiger partial charge in [-0.3, -0.25) is 4.31 Å². The molecular formula is C23H21FN2O4S. The van der Waals surface area contributed by atoms with E-state index in [4.69, 9.17) is 4.84 Å². The first-order valence-electron chi connectivity index (χ1n) is 9.65. The summed E-state index contributed by atoms with van der Waals surface area (Å²) in [5, 5.41) is 14.6. The zero-order valence-corrected chi connectivity index (χ0v) is 17.6. The van der Waals surface area contributed by atoms with Gasteiger partial charge < -0.3 is 9.94 Å². The molecule has 0 amide bonds. The van der Waals surface area contributed by atoms with Gasteiger partial charge in [-0.05, 0) is 35.4 Å². The molecule has 0 saturated heterocycles. The van der Waals surface area contributed by atoms with Gasteiger partial charge in [-0.2, -0.15) is 0 Å². The number of halogens is 1. The van der Waals surface area contributed by atoms with Gasteiger partial charge in [0.05, 0.1) is 18.5 Å². The van der Waals surface area contributed by atoms with E-state index >= 15 is 0 Å². The second-order valence-electron chi connectivity index (χ2n) is 7.25. The van der Waals surface area contributed by atoms with Gasteiger partial charge >= 0.3 is 0 Å². The van der Waals surface area contributed by atoms with E-state index in [0.29, 0.717) is 5.71 Å². The fourth-order valence-electron chi connectivity index (χ4n) is 3.56. The number of anilines is 1. The van der Waals surface area contributed by atoms with E-state index < -0.39 is 21.9 Å². The summed E-state index contributed by atoms with van der Waals surface area (Å²) < 4.78 is 38.5. The third-order valence-electron chi connectivity index (χ3n) is 4.97. The smallest absolute Gasteiger partial charge is 0.232 e. The van der Waals surface area contributed by atoms with E-state index in [0.717, 1.165) is 44.9 Å². The van der Waals surface area contributed by atoms with Gasteiger partial charge in [0.1, 0.15) is 24.2 Å². The van der Waals surface area contributed by atoms with Gasteiger partial charge in [0.2, 0.25) is 10.0 Å². The Morgan fingerprint density at radius 2 is 1.45 bits per heavy atom. The third-order valence-corrected chi connectivity index (χ3v) is 6.13. The molecule has 1 aliphatic rings. The molecule has 160 valence electrons. The minimum Gasteiger partial charge on any atom is -0.392 e. The van der Waals surface area contributed by atoms with Crippen molar-refractivity contribution in [3.05, 3.63) is 89.7 Å². The molecule has 0 aromatic heterocycles. The molecule has 0 heterocycles. The molecule has 0 unspecified atom stereocenters. The molecule has 31 heavy (non-hydrogen) atoms. The first-order chi connectivity index (χ1) is 14.8. The number of hydrogen-bond acceptors (Lipinski definition) is 5. The van der Waals surface area contributed by atoms with E-state index in [1.54, 1.807) is 0 Å². The zero-order valence-electron chi connectivity index (χ0n) is 16.8. The van der Waals surface area contributed by atoms with Crippen LogP contribution in [-0.2, 0) is 14.9 Å². The minimum absolute atomic E-state index is 0.207. The highest BCUT2D eigenvalue weighted by Crippen LogP contribution is 2.36. The van der Waals surface area contributed by atoms with Crippen molar-refractivity contribution in [1.29, 1.82) is 0 Å². The summed E-state index contributed by atoms with van der Waals surface area (Å²) in [5.41, 5.74) is 4.90. The second kappa shape index (κ2) is 8.49. The number of benzene rings is 3. The summed E-state index contributed by atoms with van der Waals surface area (Å²) in [6.07, 6.45) is -0.118. The Bertz CT molecular complexity index is 1180. The number of aliphatic hydroxyl groups excluding tert-OH is 1. The highest BCUT2D eigenvalue weighted by atomic mass is 32.2. The van der Waals surface area contributed by atoms with E-state index in [-0.39, 0.29) is 18.8 Å². The van der Waals surface area contributed by atoms with Crippen molar-refractivity contribution < 1.29 is 22.8 Å². The topological polar surface area (TPSA) is 79.2 Å². The molecular weight excluding hydrogens is 419 g/mol. The first-order valence-corrected chi connectivity index (χ1v) is 11.5. The predicted molar refractivity (Wildman–Crippen MR) is 118 cm³/mol.